The van der Waals surface area contributed by atoms with Crippen molar-refractivity contribution in [3.63, 3.8) is 0 Å². The number of nitrogens with one attached hydrogen (secondary N) is 1. The molecule has 3 heterocycles. The van der Waals surface area contributed by atoms with E-state index in [-0.39, 0.29) is 23.7 Å². The Kier molecular flexibility index (Phi) is 6.77. The zero-order valence-electron chi connectivity index (χ0n) is 21.8. The number of halogens is 3. The van der Waals surface area contributed by atoms with Gasteiger partial charge in [0.1, 0.15) is 11.6 Å². The van der Waals surface area contributed by atoms with Crippen molar-refractivity contribution in [1.29, 1.82) is 0 Å². The van der Waals surface area contributed by atoms with E-state index in [1.54, 1.807) is 36.5 Å². The van der Waals surface area contributed by atoms with Gasteiger partial charge in [-0.2, -0.15) is 0 Å². The van der Waals surface area contributed by atoms with E-state index in [2.05, 4.69) is 20.2 Å². The second kappa shape index (κ2) is 10.4. The van der Waals surface area contributed by atoms with E-state index in [0.29, 0.717) is 63.7 Å². The number of likely N-dealkylation sites (tertiary alicyclic amines) is 1. The van der Waals surface area contributed by atoms with E-state index in [0.717, 1.165) is 0 Å². The molecule has 0 atom stereocenters. The van der Waals surface area contributed by atoms with Crippen LogP contribution in [-0.4, -0.2) is 64.6 Å². The predicted octanol–water partition coefficient (Wildman–Crippen LogP) is 5.56. The number of benzene rings is 3. The Morgan fingerprint density at radius 3 is 2.52 bits per heavy atom. The second-order valence-corrected chi connectivity index (χ2v) is 10.5. The number of rotatable bonds is 5. The maximum absolute atomic E-state index is 14.8. The van der Waals surface area contributed by atoms with Crippen LogP contribution in [0.15, 0.2) is 71.9 Å². The molecule has 3 aromatic carbocycles. The highest BCUT2D eigenvalue weighted by atomic mass is 35.5. The molecule has 0 aliphatic carbocycles. The van der Waals surface area contributed by atoms with Crippen molar-refractivity contribution < 1.29 is 13.6 Å². The third-order valence-corrected chi connectivity index (χ3v) is 7.44. The first-order valence-electron chi connectivity index (χ1n) is 12.8. The average Bonchev–Trinajstić information content (AvgIpc) is 3.04. The second-order valence-electron chi connectivity index (χ2n) is 10.1. The predicted molar refractivity (Wildman–Crippen MR) is 151 cm³/mol. The fraction of sp³-hybridized carbons (Fsp3) is 0.200. The molecule has 0 bridgehead atoms. The molecular weight excluding hydrogens is 534 g/mol. The van der Waals surface area contributed by atoms with Gasteiger partial charge in [-0.15, -0.1) is 0 Å². The zero-order chi connectivity index (χ0) is 28.0. The minimum absolute atomic E-state index is 0.0274. The van der Waals surface area contributed by atoms with Crippen LogP contribution in [0.1, 0.15) is 27.0 Å². The lowest BCUT2D eigenvalue weighted by Gasteiger charge is -2.42. The van der Waals surface area contributed by atoms with Crippen molar-refractivity contribution in [3.05, 3.63) is 106 Å². The molecule has 0 unspecified atom stereocenters. The normalized spacial score (nSPS) is 14.7. The molecule has 1 N–H and O–H groups in total. The first kappa shape index (κ1) is 26.0. The maximum Gasteiger partial charge on any atom is 0.254 e. The zero-order valence-corrected chi connectivity index (χ0v) is 22.6. The average molecular weight is 559 g/mol. The number of anilines is 2. The minimum atomic E-state index is -0.714. The van der Waals surface area contributed by atoms with Crippen molar-refractivity contribution in [2.24, 2.45) is 4.99 Å². The number of likely N-dealkylation sites (N-methyl/N-ethyl adjacent to an activating group) is 1. The minimum Gasteiger partial charge on any atom is -0.335 e. The molecule has 1 amide bonds. The van der Waals surface area contributed by atoms with Gasteiger partial charge in [0.2, 0.25) is 5.95 Å². The summed E-state index contributed by atoms with van der Waals surface area (Å²) in [4.78, 5) is 30.7. The van der Waals surface area contributed by atoms with Gasteiger partial charge in [-0.1, -0.05) is 29.8 Å². The van der Waals surface area contributed by atoms with Crippen LogP contribution in [0, 0.1) is 11.6 Å². The Labute approximate surface area is 235 Å². The highest BCUT2D eigenvalue weighted by Gasteiger charge is 2.32. The highest BCUT2D eigenvalue weighted by molar-refractivity contribution is 6.31. The molecule has 0 spiro atoms. The number of carbonyl (C=O) groups is 1. The van der Waals surface area contributed by atoms with E-state index in [1.807, 2.05) is 31.1 Å². The third kappa shape index (κ3) is 4.82. The number of carbonyl (C=O) groups excluding carboxylic acids is 1. The van der Waals surface area contributed by atoms with Crippen LogP contribution < -0.4 is 5.32 Å². The molecule has 10 heteroatoms. The molecule has 7 nitrogen and oxygen atoms in total. The van der Waals surface area contributed by atoms with Gasteiger partial charge < -0.3 is 15.1 Å². The summed E-state index contributed by atoms with van der Waals surface area (Å²) in [6.45, 7) is 1.52. The first-order chi connectivity index (χ1) is 19.3. The molecule has 6 rings (SSSR count). The van der Waals surface area contributed by atoms with Crippen LogP contribution in [0.2, 0.25) is 5.02 Å². The molecule has 0 radical (unpaired) electrons. The maximum atomic E-state index is 14.8. The number of hydrogen-bond donors (Lipinski definition) is 1. The lowest BCUT2D eigenvalue weighted by molar-refractivity contribution is 0.0399. The standard InChI is InChI=1S/C30H25ClF2N6O/c1-38(2)21-15-39(16-21)29(40)17-5-3-6-20(11-17)36-30-35-14-18-13-34-28(26-24(32)7-4-8-25(26)33)23-12-19(31)9-10-22(23)27(18)37-30/h3-12,14,21H,13,15-16H2,1-2H3,(H,35,36,37). The van der Waals surface area contributed by atoms with Crippen LogP contribution in [0.5, 0.6) is 0 Å². The van der Waals surface area contributed by atoms with E-state index >= 15 is 0 Å². The number of aliphatic imine (C=N–C) groups is 1. The Balaban J connectivity index is 1.32. The summed E-state index contributed by atoms with van der Waals surface area (Å²) in [7, 11) is 4.02. The van der Waals surface area contributed by atoms with Crippen LogP contribution >= 0.6 is 11.6 Å². The van der Waals surface area contributed by atoms with Crippen LogP contribution in [-0.2, 0) is 6.54 Å². The van der Waals surface area contributed by atoms with Crippen molar-refractivity contribution in [3.8, 4) is 11.3 Å². The van der Waals surface area contributed by atoms with Crippen LogP contribution in [0.3, 0.4) is 0 Å². The summed E-state index contributed by atoms with van der Waals surface area (Å²) in [5.74, 6) is -1.15. The Hall–Kier alpha value is -4.21. The summed E-state index contributed by atoms with van der Waals surface area (Å²) < 4.78 is 29.6. The largest absolute Gasteiger partial charge is 0.335 e. The Morgan fingerprint density at radius 1 is 1.02 bits per heavy atom. The van der Waals surface area contributed by atoms with Gasteiger partial charge in [-0.25, -0.2) is 18.7 Å². The number of fused-ring (bicyclic) bond motifs is 3. The topological polar surface area (TPSA) is 73.7 Å². The lowest BCUT2D eigenvalue weighted by Crippen LogP contribution is -2.59. The summed E-state index contributed by atoms with van der Waals surface area (Å²) in [5.41, 5.74) is 3.53. The van der Waals surface area contributed by atoms with Gasteiger partial charge in [0, 0.05) is 58.3 Å². The fourth-order valence-electron chi connectivity index (χ4n) is 4.91. The summed E-state index contributed by atoms with van der Waals surface area (Å²) >= 11 is 6.31. The van der Waals surface area contributed by atoms with Gasteiger partial charge >= 0.3 is 0 Å². The molecular formula is C30H25ClF2N6O. The number of nitrogens with zero attached hydrogens (tertiary/aromatic N) is 5. The molecule has 2 aliphatic heterocycles. The Morgan fingerprint density at radius 2 is 1.77 bits per heavy atom. The van der Waals surface area contributed by atoms with Gasteiger partial charge in [-0.05, 0) is 56.6 Å². The van der Waals surface area contributed by atoms with Gasteiger partial charge in [0.05, 0.1) is 23.5 Å². The molecule has 2 aliphatic rings. The summed E-state index contributed by atoms with van der Waals surface area (Å²) in [6, 6.07) is 16.4. The van der Waals surface area contributed by atoms with Crippen molar-refractivity contribution in [1.82, 2.24) is 19.8 Å². The van der Waals surface area contributed by atoms with Gasteiger partial charge in [0.15, 0.2) is 0 Å². The Bertz CT molecular complexity index is 1650. The highest BCUT2D eigenvalue weighted by Crippen LogP contribution is 2.35. The van der Waals surface area contributed by atoms with Crippen molar-refractivity contribution in [2.75, 3.05) is 32.5 Å². The van der Waals surface area contributed by atoms with E-state index in [9.17, 15) is 13.6 Å². The van der Waals surface area contributed by atoms with Gasteiger partial charge in [0.25, 0.3) is 5.91 Å². The first-order valence-corrected chi connectivity index (χ1v) is 13.1. The van der Waals surface area contributed by atoms with Crippen molar-refractivity contribution in [2.45, 2.75) is 12.6 Å². The number of aromatic nitrogens is 2. The van der Waals surface area contributed by atoms with Crippen LogP contribution in [0.4, 0.5) is 20.4 Å². The van der Waals surface area contributed by atoms with Gasteiger partial charge in [-0.3, -0.25) is 9.79 Å². The smallest absolute Gasteiger partial charge is 0.254 e. The molecule has 202 valence electrons. The summed E-state index contributed by atoms with van der Waals surface area (Å²) in [6.07, 6.45) is 1.64. The molecule has 40 heavy (non-hydrogen) atoms. The van der Waals surface area contributed by atoms with E-state index in [4.69, 9.17) is 16.6 Å². The monoisotopic (exact) mass is 558 g/mol. The number of amides is 1. The molecule has 1 saturated heterocycles. The SMILES string of the molecule is CN(C)C1CN(C(=O)c2cccc(Nc3ncc4c(n3)-c3ccc(Cl)cc3C(c3c(F)cccc3F)=NC4)c2)C1. The van der Waals surface area contributed by atoms with Crippen LogP contribution in [0.25, 0.3) is 11.3 Å². The molecule has 1 aromatic heterocycles. The van der Waals surface area contributed by atoms with Crippen molar-refractivity contribution >= 4 is 34.9 Å². The quantitative estimate of drug-likeness (QED) is 0.347. The van der Waals surface area contributed by atoms with E-state index < -0.39 is 11.6 Å². The molecule has 1 fully saturated rings. The lowest BCUT2D eigenvalue weighted by atomic mass is 9.95. The molecule has 0 saturated carbocycles. The third-order valence-electron chi connectivity index (χ3n) is 7.21. The molecule has 4 aromatic rings. The summed E-state index contributed by atoms with van der Waals surface area (Å²) in [5, 5.41) is 3.59. The number of hydrogen-bond acceptors (Lipinski definition) is 6. The fourth-order valence-corrected chi connectivity index (χ4v) is 5.08. The van der Waals surface area contributed by atoms with E-state index in [1.165, 1.54) is 18.2 Å².